The van der Waals surface area contributed by atoms with E-state index in [1.807, 2.05) is 93.3 Å². The van der Waals surface area contributed by atoms with Crippen LogP contribution in [0.25, 0.3) is 22.5 Å². The van der Waals surface area contributed by atoms with Crippen LogP contribution in [0.1, 0.15) is 81.7 Å². The number of rotatable bonds is 11. The number of aromatic amines is 2. The van der Waals surface area contributed by atoms with Gasteiger partial charge < -0.3 is 44.2 Å². The lowest BCUT2D eigenvalue weighted by molar-refractivity contribution is -0.150. The van der Waals surface area contributed by atoms with Crippen molar-refractivity contribution in [3.05, 3.63) is 89.5 Å². The summed E-state index contributed by atoms with van der Waals surface area (Å²) in [5.41, 5.74) is 6.14. The molecule has 4 atom stereocenters. The molecule has 6 rings (SSSR count). The van der Waals surface area contributed by atoms with Gasteiger partial charge in [-0.3, -0.25) is 14.4 Å². The van der Waals surface area contributed by atoms with Crippen LogP contribution in [0, 0.1) is 29.6 Å². The Balaban J connectivity index is 1.12. The van der Waals surface area contributed by atoms with Crippen molar-refractivity contribution >= 4 is 30.0 Å². The number of H-pyrrole nitrogens is 2. The number of carbonyl (C=O) groups excluding carboxylic acids is 5. The molecule has 0 bridgehead atoms. The Morgan fingerprint density at radius 3 is 1.97 bits per heavy atom. The van der Waals surface area contributed by atoms with E-state index in [2.05, 4.69) is 32.1 Å². The first-order chi connectivity index (χ1) is 29.3. The van der Waals surface area contributed by atoms with Gasteiger partial charge in [-0.1, -0.05) is 63.8 Å². The minimum absolute atomic E-state index is 0.0411. The number of amides is 4. The van der Waals surface area contributed by atoms with Crippen LogP contribution in [0.4, 0.5) is 9.59 Å². The molecule has 0 radical (unpaired) electrons. The minimum atomic E-state index is -0.676. The number of benzene rings is 2. The van der Waals surface area contributed by atoms with Gasteiger partial charge in [-0.05, 0) is 72.2 Å². The number of methoxy groups -OCH3 is 3. The number of imidazole rings is 1. The molecule has 15 nitrogen and oxygen atoms in total. The number of nitrogens with one attached hydrogen (secondary N) is 3. The summed E-state index contributed by atoms with van der Waals surface area (Å²) in [6.07, 6.45) is 2.25. The highest BCUT2D eigenvalue weighted by molar-refractivity contribution is 5.87. The molecule has 2 aliphatic heterocycles. The number of carbonyl (C=O) groups is 5. The van der Waals surface area contributed by atoms with E-state index in [1.165, 1.54) is 21.3 Å². The number of piperazine rings is 1. The second-order valence-electron chi connectivity index (χ2n) is 16.1. The summed E-state index contributed by atoms with van der Waals surface area (Å²) in [5, 5.41) is 2.70. The fourth-order valence-corrected chi connectivity index (χ4v) is 7.93. The fraction of sp³-hybridized carbons (Fsp3) is 0.435. The predicted octanol–water partition coefficient (Wildman–Crippen LogP) is 6.30. The highest BCUT2D eigenvalue weighted by Gasteiger charge is 2.40. The predicted molar refractivity (Wildman–Crippen MR) is 227 cm³/mol. The quantitative estimate of drug-likeness (QED) is 0.0888. The lowest BCUT2D eigenvalue weighted by Gasteiger charge is -2.41. The molecule has 15 heteroatoms. The molecule has 2 saturated heterocycles. The molecule has 2 aromatic heterocycles. The molecular weight excluding hydrogens is 779 g/mol. The lowest BCUT2D eigenvalue weighted by Crippen LogP contribution is -2.54. The zero-order valence-corrected chi connectivity index (χ0v) is 35.8. The number of aromatic nitrogens is 3. The van der Waals surface area contributed by atoms with E-state index in [0.717, 1.165) is 52.2 Å². The van der Waals surface area contributed by atoms with E-state index in [-0.39, 0.29) is 55.7 Å². The molecule has 4 amide bonds. The summed E-state index contributed by atoms with van der Waals surface area (Å²) in [4.78, 5) is 80.8. The van der Waals surface area contributed by atoms with Crippen molar-refractivity contribution in [1.29, 1.82) is 0 Å². The Labute approximate surface area is 356 Å². The maximum Gasteiger partial charge on any atom is 0.409 e. The third-order valence-corrected chi connectivity index (χ3v) is 11.5. The zero-order valence-electron chi connectivity index (χ0n) is 35.8. The van der Waals surface area contributed by atoms with Crippen LogP contribution in [0.5, 0.6) is 0 Å². The number of esters is 1. The van der Waals surface area contributed by atoms with Gasteiger partial charge in [-0.15, -0.1) is 0 Å². The Bertz CT molecular complexity index is 2250. The monoisotopic (exact) mass is 833 g/mol. The third-order valence-electron chi connectivity index (χ3n) is 11.5. The van der Waals surface area contributed by atoms with Gasteiger partial charge in [0.2, 0.25) is 11.8 Å². The van der Waals surface area contributed by atoms with Gasteiger partial charge in [0.25, 0.3) is 0 Å². The summed E-state index contributed by atoms with van der Waals surface area (Å²) in [5.74, 6) is 5.42. The molecular formula is C46H55N7O8. The zero-order chi connectivity index (χ0) is 43.8. The smallest absolute Gasteiger partial charge is 0.409 e. The van der Waals surface area contributed by atoms with Crippen molar-refractivity contribution in [3.8, 4) is 34.4 Å². The molecule has 4 heterocycles. The highest BCUT2D eigenvalue weighted by Crippen LogP contribution is 2.35. The van der Waals surface area contributed by atoms with Crippen LogP contribution in [0.2, 0.25) is 0 Å². The summed E-state index contributed by atoms with van der Waals surface area (Å²) in [7, 11) is 3.92. The second kappa shape index (κ2) is 19.7. The molecule has 61 heavy (non-hydrogen) atoms. The van der Waals surface area contributed by atoms with Gasteiger partial charge in [0.05, 0.1) is 58.1 Å². The van der Waals surface area contributed by atoms with Crippen LogP contribution in [-0.4, -0.2) is 113 Å². The Hall–Kier alpha value is -6.56. The molecule has 322 valence electrons. The lowest BCUT2D eigenvalue weighted by atomic mass is 9.90. The largest absolute Gasteiger partial charge is 0.469 e. The van der Waals surface area contributed by atoms with Crippen molar-refractivity contribution in [3.63, 3.8) is 0 Å². The molecule has 3 N–H and O–H groups in total. The molecule has 2 fully saturated rings. The average Bonchev–Trinajstić information content (AvgIpc) is 4.08. The van der Waals surface area contributed by atoms with Gasteiger partial charge >= 0.3 is 18.2 Å². The first-order valence-electron chi connectivity index (χ1n) is 20.6. The fourth-order valence-electron chi connectivity index (χ4n) is 7.93. The standard InChI is InChI=1S/C46H55N7O8/c1-28(2)34(25-40(54)59-5)43(55)53-24-23-51(46(58)61-7)27-39(53)42-47-26-37(49-42)33-18-14-31(15-19-33)11-10-30-12-16-32(17-13-30)35-20-21-36(48-35)38-9-8-22-52(38)44(56)41(29(3)4)50-45(57)60-6/h12-21,26,28-29,34,38-39,41,48H,8-9,22-25,27H2,1-7H3,(H,47,49)(H,50,57)/t34-,38-,39-,41-/m0/s1. The molecule has 0 spiro atoms. The first-order valence-corrected chi connectivity index (χ1v) is 20.6. The second-order valence-corrected chi connectivity index (χ2v) is 16.1. The molecule has 4 aromatic rings. The van der Waals surface area contributed by atoms with Crippen molar-refractivity contribution in [1.82, 2.24) is 35.0 Å². The van der Waals surface area contributed by atoms with Gasteiger partial charge in [0.15, 0.2) is 0 Å². The van der Waals surface area contributed by atoms with Crippen LogP contribution < -0.4 is 5.32 Å². The van der Waals surface area contributed by atoms with Gasteiger partial charge in [0.1, 0.15) is 17.9 Å². The summed E-state index contributed by atoms with van der Waals surface area (Å²) < 4.78 is 14.6. The number of ether oxygens (including phenoxy) is 3. The summed E-state index contributed by atoms with van der Waals surface area (Å²) >= 11 is 0. The molecule has 0 saturated carbocycles. The topological polar surface area (TPSA) is 179 Å². The summed E-state index contributed by atoms with van der Waals surface area (Å²) in [6, 6.07) is 18.4. The number of alkyl carbamates (subject to hydrolysis) is 1. The number of hydrogen-bond acceptors (Lipinski definition) is 9. The van der Waals surface area contributed by atoms with Crippen LogP contribution >= 0.6 is 0 Å². The number of hydrogen-bond donors (Lipinski definition) is 3. The van der Waals surface area contributed by atoms with Gasteiger partial charge in [0, 0.05) is 42.1 Å². The van der Waals surface area contributed by atoms with E-state index in [4.69, 9.17) is 14.2 Å². The third kappa shape index (κ3) is 10.3. The van der Waals surface area contributed by atoms with Crippen LogP contribution in [0.15, 0.2) is 66.9 Å². The van der Waals surface area contributed by atoms with E-state index < -0.39 is 36.2 Å². The molecule has 2 aromatic carbocycles. The molecule has 0 aliphatic carbocycles. The Kier molecular flexibility index (Phi) is 14.2. The average molecular weight is 834 g/mol. The van der Waals surface area contributed by atoms with E-state index in [0.29, 0.717) is 12.4 Å². The number of likely N-dealkylation sites (tertiary alicyclic amines) is 1. The molecule has 0 unspecified atom stereocenters. The van der Waals surface area contributed by atoms with Crippen LogP contribution in [-0.2, 0) is 28.6 Å². The first kappa shape index (κ1) is 44.0. The Morgan fingerprint density at radius 2 is 1.38 bits per heavy atom. The van der Waals surface area contributed by atoms with E-state index in [1.54, 1.807) is 16.0 Å². The van der Waals surface area contributed by atoms with E-state index in [9.17, 15) is 24.0 Å². The van der Waals surface area contributed by atoms with E-state index >= 15 is 0 Å². The van der Waals surface area contributed by atoms with Crippen molar-refractivity contribution in [2.75, 3.05) is 47.5 Å². The van der Waals surface area contributed by atoms with Crippen LogP contribution in [0.3, 0.4) is 0 Å². The minimum Gasteiger partial charge on any atom is -0.469 e. The maximum absolute atomic E-state index is 13.9. The number of nitrogens with zero attached hydrogens (tertiary/aromatic N) is 4. The van der Waals surface area contributed by atoms with Crippen molar-refractivity contribution in [2.45, 2.75) is 65.1 Å². The summed E-state index contributed by atoms with van der Waals surface area (Å²) in [6.45, 7) is 8.94. The Morgan fingerprint density at radius 1 is 0.738 bits per heavy atom. The van der Waals surface area contributed by atoms with Gasteiger partial charge in [-0.2, -0.15) is 0 Å². The normalized spacial score (nSPS) is 17.4. The van der Waals surface area contributed by atoms with Crippen molar-refractivity contribution in [2.24, 2.45) is 17.8 Å². The highest BCUT2D eigenvalue weighted by atomic mass is 16.5. The maximum atomic E-state index is 13.9. The van der Waals surface area contributed by atoms with Gasteiger partial charge in [-0.25, -0.2) is 14.6 Å². The molecule has 2 aliphatic rings. The SMILES string of the molecule is COC(=O)C[C@H](C(=O)N1CCN(C(=O)OC)C[C@H]1c1ncc(-c2ccc(C#Cc3ccc(-c4ccc([C@@H]5CCCN5C(=O)[C@@H](NC(=O)OC)C(C)C)[nH]4)cc3)cc2)[nH]1)C(C)C. The van der Waals surface area contributed by atoms with Crippen molar-refractivity contribution < 1.29 is 38.2 Å².